The lowest BCUT2D eigenvalue weighted by molar-refractivity contribution is -0.129. The van der Waals surface area contributed by atoms with E-state index in [2.05, 4.69) is 4.99 Å². The van der Waals surface area contributed by atoms with Crippen molar-refractivity contribution < 1.29 is 24.2 Å². The summed E-state index contributed by atoms with van der Waals surface area (Å²) in [4.78, 5) is 27.4. The zero-order chi connectivity index (χ0) is 22.2. The average Bonchev–Trinajstić information content (AvgIpc) is 2.78. The van der Waals surface area contributed by atoms with E-state index in [-0.39, 0.29) is 22.1 Å². The van der Waals surface area contributed by atoms with E-state index in [1.807, 2.05) is 30.3 Å². The molecule has 0 fully saturated rings. The Morgan fingerprint density at radius 3 is 2.35 bits per heavy atom. The minimum absolute atomic E-state index is 0.106. The third-order valence-electron chi connectivity index (χ3n) is 4.14. The van der Waals surface area contributed by atoms with E-state index >= 15 is 0 Å². The van der Waals surface area contributed by atoms with Crippen molar-refractivity contribution in [3.63, 3.8) is 0 Å². The molecule has 0 unspecified atom stereocenters. The molecule has 0 aliphatic heterocycles. The van der Waals surface area contributed by atoms with Gasteiger partial charge in [0.05, 0.1) is 23.4 Å². The number of aromatic carboxylic acids is 1. The molecule has 31 heavy (non-hydrogen) atoms. The van der Waals surface area contributed by atoms with Gasteiger partial charge in [-0.15, -0.1) is 0 Å². The fourth-order valence-electron chi connectivity index (χ4n) is 2.62. The number of carboxylic acids is 1. The summed E-state index contributed by atoms with van der Waals surface area (Å²) in [5.41, 5.74) is 2.22. The normalized spacial score (nSPS) is 11.0. The maximum Gasteiger partial charge on any atom is 0.336 e. The van der Waals surface area contributed by atoms with Gasteiger partial charge in [0, 0.05) is 12.3 Å². The summed E-state index contributed by atoms with van der Waals surface area (Å²) in [5.74, 6) is -1.22. The number of carboxylic acid groups (broad SMARTS) is 1. The molecule has 156 valence electrons. The Morgan fingerprint density at radius 2 is 1.71 bits per heavy atom. The summed E-state index contributed by atoms with van der Waals surface area (Å²) in [7, 11) is 1.44. The first-order valence-electron chi connectivity index (χ1n) is 9.16. The number of ether oxygens (including phenoxy) is 2. The van der Waals surface area contributed by atoms with Gasteiger partial charge in [0.15, 0.2) is 11.5 Å². The number of carbonyl (C=O) groups is 2. The Morgan fingerprint density at radius 1 is 1.00 bits per heavy atom. The Bertz CT molecular complexity index is 1140. The second kappa shape index (κ2) is 10.2. The van der Waals surface area contributed by atoms with Gasteiger partial charge in [-0.25, -0.2) is 9.59 Å². The second-order valence-corrected chi connectivity index (χ2v) is 6.72. The van der Waals surface area contributed by atoms with Crippen LogP contribution in [0.4, 0.5) is 5.69 Å². The molecule has 7 heteroatoms. The number of hydrogen-bond donors (Lipinski definition) is 1. The SMILES string of the molecule is COc1cc(C=Nc2ccc(C(=O)O)cc2)cc(Cl)c1OC(=O)C=Cc1ccccc1. The highest BCUT2D eigenvalue weighted by Crippen LogP contribution is 2.36. The van der Waals surface area contributed by atoms with Crippen molar-refractivity contribution >= 4 is 41.5 Å². The summed E-state index contributed by atoms with van der Waals surface area (Å²) >= 11 is 6.30. The number of rotatable bonds is 7. The smallest absolute Gasteiger partial charge is 0.336 e. The first-order valence-corrected chi connectivity index (χ1v) is 9.54. The second-order valence-electron chi connectivity index (χ2n) is 6.31. The maximum absolute atomic E-state index is 12.2. The Labute approximate surface area is 184 Å². The topological polar surface area (TPSA) is 85.2 Å². The zero-order valence-corrected chi connectivity index (χ0v) is 17.2. The molecule has 3 aromatic rings. The standard InChI is InChI=1S/C24H18ClNO5/c1-30-21-14-17(15-26-19-10-8-18(9-11-19)24(28)29)13-20(25)23(21)31-22(27)12-7-16-5-3-2-4-6-16/h2-15H,1H3,(H,28,29). The van der Waals surface area contributed by atoms with Crippen LogP contribution in [0.2, 0.25) is 5.02 Å². The van der Waals surface area contributed by atoms with Gasteiger partial charge >= 0.3 is 11.9 Å². The molecule has 0 amide bonds. The molecule has 0 saturated heterocycles. The molecule has 0 aliphatic carbocycles. The monoisotopic (exact) mass is 435 g/mol. The largest absolute Gasteiger partial charge is 0.493 e. The molecule has 1 N–H and O–H groups in total. The summed E-state index contributed by atoms with van der Waals surface area (Å²) in [6.07, 6.45) is 4.49. The fraction of sp³-hybridized carbons (Fsp3) is 0.0417. The highest BCUT2D eigenvalue weighted by Gasteiger charge is 2.14. The van der Waals surface area contributed by atoms with Crippen LogP contribution in [-0.4, -0.2) is 30.4 Å². The Hall–Kier alpha value is -3.90. The van der Waals surface area contributed by atoms with E-state index in [4.69, 9.17) is 26.2 Å². The number of halogens is 1. The lowest BCUT2D eigenvalue weighted by atomic mass is 10.2. The first kappa shape index (κ1) is 21.8. The van der Waals surface area contributed by atoms with Crippen LogP contribution >= 0.6 is 11.6 Å². The van der Waals surface area contributed by atoms with Crippen molar-refractivity contribution in [2.24, 2.45) is 4.99 Å². The average molecular weight is 436 g/mol. The van der Waals surface area contributed by atoms with E-state index in [0.717, 1.165) is 5.56 Å². The van der Waals surface area contributed by atoms with Crippen molar-refractivity contribution in [3.8, 4) is 11.5 Å². The van der Waals surface area contributed by atoms with Crippen LogP contribution in [0, 0.1) is 0 Å². The van der Waals surface area contributed by atoms with Gasteiger partial charge in [0.2, 0.25) is 0 Å². The molecular weight excluding hydrogens is 418 g/mol. The number of benzene rings is 3. The van der Waals surface area contributed by atoms with Crippen LogP contribution in [0.1, 0.15) is 21.5 Å². The molecule has 0 saturated carbocycles. The molecule has 0 aliphatic rings. The van der Waals surface area contributed by atoms with Gasteiger partial charge in [-0.2, -0.15) is 0 Å². The van der Waals surface area contributed by atoms with Crippen molar-refractivity contribution in [2.45, 2.75) is 0 Å². The molecule has 3 aromatic carbocycles. The van der Waals surface area contributed by atoms with Gasteiger partial charge in [-0.05, 0) is 53.6 Å². The minimum Gasteiger partial charge on any atom is -0.493 e. The molecular formula is C24H18ClNO5. The number of carbonyl (C=O) groups excluding carboxylic acids is 1. The third-order valence-corrected chi connectivity index (χ3v) is 4.42. The van der Waals surface area contributed by atoms with Gasteiger partial charge in [0.25, 0.3) is 0 Å². The predicted molar refractivity (Wildman–Crippen MR) is 120 cm³/mol. The number of esters is 1. The van der Waals surface area contributed by atoms with Crippen molar-refractivity contribution in [1.29, 1.82) is 0 Å². The highest BCUT2D eigenvalue weighted by atomic mass is 35.5. The maximum atomic E-state index is 12.2. The van der Waals surface area contributed by atoms with Crippen LogP contribution in [0.25, 0.3) is 6.08 Å². The van der Waals surface area contributed by atoms with Gasteiger partial charge in [0.1, 0.15) is 0 Å². The Kier molecular flexibility index (Phi) is 7.19. The minimum atomic E-state index is -1.00. The van der Waals surface area contributed by atoms with Crippen LogP contribution < -0.4 is 9.47 Å². The van der Waals surface area contributed by atoms with E-state index < -0.39 is 11.9 Å². The van der Waals surface area contributed by atoms with Crippen molar-refractivity contribution in [2.75, 3.05) is 7.11 Å². The summed E-state index contributed by atoms with van der Waals surface area (Å²) in [6, 6.07) is 18.7. The number of methoxy groups -OCH3 is 1. The third kappa shape index (κ3) is 6.04. The van der Waals surface area contributed by atoms with Gasteiger partial charge in [-0.3, -0.25) is 4.99 Å². The molecule has 0 radical (unpaired) electrons. The van der Waals surface area contributed by atoms with E-state index in [1.165, 1.54) is 25.3 Å². The molecule has 0 bridgehead atoms. The molecule has 0 atom stereocenters. The Balaban J connectivity index is 1.75. The summed E-state index contributed by atoms with van der Waals surface area (Å²) in [6.45, 7) is 0. The van der Waals surface area contributed by atoms with E-state index in [9.17, 15) is 9.59 Å². The lowest BCUT2D eigenvalue weighted by Gasteiger charge is -2.11. The highest BCUT2D eigenvalue weighted by molar-refractivity contribution is 6.32. The van der Waals surface area contributed by atoms with Crippen molar-refractivity contribution in [3.05, 3.63) is 94.5 Å². The summed E-state index contributed by atoms with van der Waals surface area (Å²) < 4.78 is 10.7. The first-order chi connectivity index (χ1) is 15.0. The molecule has 6 nitrogen and oxygen atoms in total. The molecule has 0 aromatic heterocycles. The van der Waals surface area contributed by atoms with Crippen LogP contribution in [0.15, 0.2) is 77.8 Å². The quantitative estimate of drug-likeness (QED) is 0.232. The van der Waals surface area contributed by atoms with Crippen LogP contribution in [0.3, 0.4) is 0 Å². The van der Waals surface area contributed by atoms with Crippen LogP contribution in [0.5, 0.6) is 11.5 Å². The van der Waals surface area contributed by atoms with Gasteiger partial charge in [-0.1, -0.05) is 41.9 Å². The summed E-state index contributed by atoms with van der Waals surface area (Å²) in [5, 5.41) is 9.13. The predicted octanol–water partition coefficient (Wildman–Crippen LogP) is 5.42. The van der Waals surface area contributed by atoms with Crippen molar-refractivity contribution in [1.82, 2.24) is 0 Å². The number of nitrogens with zero attached hydrogens (tertiary/aromatic N) is 1. The lowest BCUT2D eigenvalue weighted by Crippen LogP contribution is -2.06. The fourth-order valence-corrected chi connectivity index (χ4v) is 2.87. The number of hydrogen-bond acceptors (Lipinski definition) is 5. The van der Waals surface area contributed by atoms with E-state index in [0.29, 0.717) is 11.3 Å². The van der Waals surface area contributed by atoms with Gasteiger partial charge < -0.3 is 14.6 Å². The molecule has 3 rings (SSSR count). The van der Waals surface area contributed by atoms with Crippen LogP contribution in [-0.2, 0) is 4.79 Å². The number of aliphatic imine (C=N–C) groups is 1. The zero-order valence-electron chi connectivity index (χ0n) is 16.5. The molecule has 0 spiro atoms. The van der Waals surface area contributed by atoms with E-state index in [1.54, 1.807) is 36.6 Å². The molecule has 0 heterocycles.